The molecule has 3 aromatic rings. The predicted molar refractivity (Wildman–Crippen MR) is 81.1 cm³/mol. The van der Waals surface area contributed by atoms with Crippen molar-refractivity contribution in [1.29, 1.82) is 0 Å². The number of hydrogen-bond acceptors (Lipinski definition) is 3. The zero-order chi connectivity index (χ0) is 14.5. The van der Waals surface area contributed by atoms with E-state index in [2.05, 4.69) is 10.3 Å². The van der Waals surface area contributed by atoms with Crippen LogP contribution in [0.15, 0.2) is 71.7 Å². The van der Waals surface area contributed by atoms with E-state index in [1.165, 1.54) is 4.68 Å². The molecule has 21 heavy (non-hydrogen) atoms. The number of hydrogen-bond donors (Lipinski definition) is 0. The third kappa shape index (κ3) is 3.23. The molecule has 0 unspecified atom stereocenters. The molecule has 0 amide bonds. The lowest BCUT2D eigenvalue weighted by Crippen LogP contribution is -2.27. The zero-order valence-corrected chi connectivity index (χ0v) is 11.5. The monoisotopic (exact) mass is 277 g/mol. The maximum Gasteiger partial charge on any atom is 0.273 e. The Morgan fingerprint density at radius 1 is 0.857 bits per heavy atom. The van der Waals surface area contributed by atoms with Crippen molar-refractivity contribution in [2.75, 3.05) is 0 Å². The fraction of sp³-hybridized carbons (Fsp3) is 0.118. The summed E-state index contributed by atoms with van der Waals surface area (Å²) in [5, 5.41) is 7.88. The van der Waals surface area contributed by atoms with Crippen molar-refractivity contribution in [2.24, 2.45) is 0 Å². The Morgan fingerprint density at radius 2 is 1.48 bits per heavy atom. The summed E-state index contributed by atoms with van der Waals surface area (Å²) < 4.78 is 1.41. The van der Waals surface area contributed by atoms with Crippen LogP contribution >= 0.6 is 0 Å². The summed E-state index contributed by atoms with van der Waals surface area (Å²) in [4.78, 5) is 12.4. The summed E-state index contributed by atoms with van der Waals surface area (Å²) in [5.41, 5.74) is 2.70. The van der Waals surface area contributed by atoms with E-state index in [-0.39, 0.29) is 5.56 Å². The standard InChI is InChI=1S/C17H15N3O/c21-17-16(11-14-7-3-1-4-8-14)12-18-19-20(17)13-15-9-5-2-6-10-15/h1-10,12H,11,13H2. The highest BCUT2D eigenvalue weighted by Crippen LogP contribution is 2.05. The summed E-state index contributed by atoms with van der Waals surface area (Å²) in [6.07, 6.45) is 2.13. The van der Waals surface area contributed by atoms with Gasteiger partial charge < -0.3 is 0 Å². The highest BCUT2D eigenvalue weighted by atomic mass is 16.1. The summed E-state index contributed by atoms with van der Waals surface area (Å²) in [6, 6.07) is 19.7. The third-order valence-electron chi connectivity index (χ3n) is 3.29. The van der Waals surface area contributed by atoms with Gasteiger partial charge >= 0.3 is 0 Å². The SMILES string of the molecule is O=c1c(Cc2ccccc2)cnnn1Cc1ccccc1. The van der Waals surface area contributed by atoms with E-state index in [0.29, 0.717) is 18.5 Å². The maximum atomic E-state index is 12.4. The molecule has 0 aliphatic carbocycles. The molecule has 0 aliphatic heterocycles. The molecule has 0 atom stereocenters. The van der Waals surface area contributed by atoms with Crippen LogP contribution in [0, 0.1) is 0 Å². The van der Waals surface area contributed by atoms with E-state index in [4.69, 9.17) is 0 Å². The lowest BCUT2D eigenvalue weighted by atomic mass is 10.1. The second-order valence-electron chi connectivity index (χ2n) is 4.87. The van der Waals surface area contributed by atoms with Crippen LogP contribution in [0.2, 0.25) is 0 Å². The van der Waals surface area contributed by atoms with Gasteiger partial charge in [-0.2, -0.15) is 0 Å². The molecule has 3 rings (SSSR count). The van der Waals surface area contributed by atoms with E-state index in [0.717, 1.165) is 11.1 Å². The summed E-state index contributed by atoms with van der Waals surface area (Å²) in [6.45, 7) is 0.440. The molecule has 0 bridgehead atoms. The first-order chi connectivity index (χ1) is 10.3. The molecule has 0 N–H and O–H groups in total. The molecule has 0 fully saturated rings. The second kappa shape index (κ2) is 6.13. The van der Waals surface area contributed by atoms with Crippen molar-refractivity contribution in [3.05, 3.63) is 93.9 Å². The van der Waals surface area contributed by atoms with Crippen molar-refractivity contribution in [2.45, 2.75) is 13.0 Å². The smallest absolute Gasteiger partial charge is 0.267 e. The lowest BCUT2D eigenvalue weighted by Gasteiger charge is -2.06. The fourth-order valence-electron chi connectivity index (χ4n) is 2.22. The summed E-state index contributed by atoms with van der Waals surface area (Å²) in [7, 11) is 0. The topological polar surface area (TPSA) is 47.8 Å². The van der Waals surface area contributed by atoms with Crippen LogP contribution in [-0.4, -0.2) is 15.0 Å². The lowest BCUT2D eigenvalue weighted by molar-refractivity contribution is 0.579. The van der Waals surface area contributed by atoms with Crippen LogP contribution < -0.4 is 5.56 Å². The molecule has 4 heteroatoms. The van der Waals surface area contributed by atoms with Crippen molar-refractivity contribution < 1.29 is 0 Å². The van der Waals surface area contributed by atoms with E-state index < -0.39 is 0 Å². The molecule has 0 aliphatic rings. The first-order valence-corrected chi connectivity index (χ1v) is 6.82. The van der Waals surface area contributed by atoms with Crippen molar-refractivity contribution >= 4 is 0 Å². The quantitative estimate of drug-likeness (QED) is 0.735. The van der Waals surface area contributed by atoms with Crippen molar-refractivity contribution in [3.63, 3.8) is 0 Å². The minimum atomic E-state index is -0.0855. The van der Waals surface area contributed by atoms with Crippen LogP contribution in [-0.2, 0) is 13.0 Å². The molecule has 1 heterocycles. The van der Waals surface area contributed by atoms with Crippen LogP contribution in [0.3, 0.4) is 0 Å². The molecule has 0 radical (unpaired) electrons. The van der Waals surface area contributed by atoms with Crippen LogP contribution in [0.1, 0.15) is 16.7 Å². The average molecular weight is 277 g/mol. The Kier molecular flexibility index (Phi) is 3.87. The number of aromatic nitrogens is 3. The van der Waals surface area contributed by atoms with Gasteiger partial charge in [-0.1, -0.05) is 65.9 Å². The molecular weight excluding hydrogens is 262 g/mol. The van der Waals surface area contributed by atoms with E-state index in [1.807, 2.05) is 60.7 Å². The van der Waals surface area contributed by atoms with Crippen LogP contribution in [0.5, 0.6) is 0 Å². The van der Waals surface area contributed by atoms with Crippen LogP contribution in [0.4, 0.5) is 0 Å². The molecule has 0 saturated carbocycles. The minimum Gasteiger partial charge on any atom is -0.267 e. The molecule has 0 saturated heterocycles. The van der Waals surface area contributed by atoms with Gasteiger partial charge in [0.05, 0.1) is 12.7 Å². The highest BCUT2D eigenvalue weighted by molar-refractivity contribution is 5.22. The molecular formula is C17H15N3O. The number of nitrogens with zero attached hydrogens (tertiary/aromatic N) is 3. The first-order valence-electron chi connectivity index (χ1n) is 6.82. The van der Waals surface area contributed by atoms with E-state index in [9.17, 15) is 4.79 Å². The molecule has 4 nitrogen and oxygen atoms in total. The van der Waals surface area contributed by atoms with Gasteiger partial charge in [-0.25, -0.2) is 4.68 Å². The highest BCUT2D eigenvalue weighted by Gasteiger charge is 2.07. The van der Waals surface area contributed by atoms with Gasteiger partial charge in [-0.3, -0.25) is 4.79 Å². The second-order valence-corrected chi connectivity index (χ2v) is 4.87. The van der Waals surface area contributed by atoms with Gasteiger partial charge in [0, 0.05) is 12.0 Å². The van der Waals surface area contributed by atoms with E-state index in [1.54, 1.807) is 6.20 Å². The van der Waals surface area contributed by atoms with Gasteiger partial charge in [0.25, 0.3) is 5.56 Å². The van der Waals surface area contributed by atoms with Gasteiger partial charge in [0.1, 0.15) is 0 Å². The fourth-order valence-corrected chi connectivity index (χ4v) is 2.22. The summed E-state index contributed by atoms with van der Waals surface area (Å²) in [5.74, 6) is 0. The van der Waals surface area contributed by atoms with Gasteiger partial charge in [-0.05, 0) is 11.1 Å². The Balaban J connectivity index is 1.87. The van der Waals surface area contributed by atoms with E-state index >= 15 is 0 Å². The maximum absolute atomic E-state index is 12.4. The Hall–Kier alpha value is -2.75. The number of benzene rings is 2. The molecule has 104 valence electrons. The van der Waals surface area contributed by atoms with Crippen molar-refractivity contribution in [3.8, 4) is 0 Å². The minimum absolute atomic E-state index is 0.0855. The van der Waals surface area contributed by atoms with Gasteiger partial charge in [-0.15, -0.1) is 5.10 Å². The molecule has 1 aromatic heterocycles. The number of rotatable bonds is 4. The normalized spacial score (nSPS) is 10.5. The first kappa shape index (κ1) is 13.2. The Labute approximate surface area is 122 Å². The van der Waals surface area contributed by atoms with Gasteiger partial charge in [0.2, 0.25) is 0 Å². The largest absolute Gasteiger partial charge is 0.273 e. The third-order valence-corrected chi connectivity index (χ3v) is 3.29. The Bertz CT molecular complexity index is 704. The molecule has 2 aromatic carbocycles. The Morgan fingerprint density at radius 3 is 2.14 bits per heavy atom. The van der Waals surface area contributed by atoms with Gasteiger partial charge in [0.15, 0.2) is 0 Å². The average Bonchev–Trinajstić information content (AvgIpc) is 2.53. The zero-order valence-electron chi connectivity index (χ0n) is 11.5. The molecule has 0 spiro atoms. The summed E-state index contributed by atoms with van der Waals surface area (Å²) >= 11 is 0. The van der Waals surface area contributed by atoms with Crippen molar-refractivity contribution in [1.82, 2.24) is 15.0 Å². The van der Waals surface area contributed by atoms with Crippen LogP contribution in [0.25, 0.3) is 0 Å². The predicted octanol–water partition coefficient (Wildman–Crippen LogP) is 2.28.